The molecule has 0 spiro atoms. The van der Waals surface area contributed by atoms with Crippen molar-refractivity contribution in [1.29, 1.82) is 0 Å². The Morgan fingerprint density at radius 1 is 0.962 bits per heavy atom. The van der Waals surface area contributed by atoms with E-state index in [1.54, 1.807) is 0 Å². The van der Waals surface area contributed by atoms with Gasteiger partial charge in [0.05, 0.1) is 0 Å². The number of anilines is 1. The fourth-order valence-electron chi connectivity index (χ4n) is 3.73. The number of benzene rings is 2. The van der Waals surface area contributed by atoms with Crippen LogP contribution < -0.4 is 5.32 Å². The van der Waals surface area contributed by atoms with E-state index in [1.807, 2.05) is 18.2 Å². The van der Waals surface area contributed by atoms with Crippen LogP contribution in [0.2, 0.25) is 0 Å². The molecule has 2 heterocycles. The van der Waals surface area contributed by atoms with Crippen LogP contribution in [-0.4, -0.2) is 14.8 Å². The Labute approximate surface area is 155 Å². The van der Waals surface area contributed by atoms with Gasteiger partial charge in [0.2, 0.25) is 0 Å². The number of para-hydroxylation sites is 1. The number of fused-ring (bicyclic) bond motifs is 3. The van der Waals surface area contributed by atoms with Crippen LogP contribution in [0.1, 0.15) is 46.0 Å². The lowest BCUT2D eigenvalue weighted by Crippen LogP contribution is -2.42. The first-order chi connectivity index (χ1) is 12.7. The number of nitrogens with zero attached hydrogens (tertiary/aromatic N) is 3. The minimum atomic E-state index is -0.253. The van der Waals surface area contributed by atoms with Gasteiger partial charge in [-0.25, -0.2) is 9.67 Å². The highest BCUT2D eigenvalue weighted by Crippen LogP contribution is 2.40. The van der Waals surface area contributed by atoms with Crippen molar-refractivity contribution >= 4 is 5.69 Å². The molecule has 0 saturated carbocycles. The molecule has 1 aromatic heterocycles. The van der Waals surface area contributed by atoms with E-state index in [2.05, 4.69) is 60.2 Å². The summed E-state index contributed by atoms with van der Waals surface area (Å²) in [6, 6.07) is 18.6. The summed E-state index contributed by atoms with van der Waals surface area (Å²) in [5, 5.41) is 8.65. The van der Waals surface area contributed by atoms with E-state index in [-0.39, 0.29) is 5.66 Å². The van der Waals surface area contributed by atoms with Crippen molar-refractivity contribution in [3.63, 3.8) is 0 Å². The third kappa shape index (κ3) is 3.00. The van der Waals surface area contributed by atoms with E-state index in [1.165, 1.54) is 25.7 Å². The normalized spacial score (nSPS) is 18.1. The van der Waals surface area contributed by atoms with E-state index < -0.39 is 0 Å². The first-order valence-electron chi connectivity index (χ1n) is 9.62. The van der Waals surface area contributed by atoms with Gasteiger partial charge in [0, 0.05) is 16.8 Å². The topological polar surface area (TPSA) is 42.7 Å². The van der Waals surface area contributed by atoms with Gasteiger partial charge in [-0.05, 0) is 31.9 Å². The second kappa shape index (κ2) is 6.94. The SMILES string of the molecule is CCCCCCC1(C)Nc2ccccc2-c2nc(-c3ccccc3)nn21. The highest BCUT2D eigenvalue weighted by atomic mass is 15.5. The van der Waals surface area contributed by atoms with Gasteiger partial charge >= 0.3 is 0 Å². The average Bonchev–Trinajstić information content (AvgIpc) is 3.13. The van der Waals surface area contributed by atoms with Gasteiger partial charge in [-0.1, -0.05) is 68.7 Å². The summed E-state index contributed by atoms with van der Waals surface area (Å²) < 4.78 is 2.10. The largest absolute Gasteiger partial charge is 0.361 e. The van der Waals surface area contributed by atoms with Gasteiger partial charge < -0.3 is 5.32 Å². The minimum Gasteiger partial charge on any atom is -0.361 e. The average molecular weight is 346 g/mol. The van der Waals surface area contributed by atoms with Crippen molar-refractivity contribution in [2.24, 2.45) is 0 Å². The molecule has 3 aromatic rings. The standard InChI is InChI=1S/C22H26N4/c1-3-4-5-11-16-22(2)24-19-15-10-9-14-18(19)21-23-20(25-26(21)22)17-12-7-6-8-13-17/h6-10,12-15,24H,3-5,11,16H2,1-2H3. The van der Waals surface area contributed by atoms with Gasteiger partial charge in [0.25, 0.3) is 0 Å². The molecule has 0 bridgehead atoms. The predicted octanol–water partition coefficient (Wildman–Crippen LogP) is 5.68. The van der Waals surface area contributed by atoms with E-state index >= 15 is 0 Å². The molecule has 0 saturated heterocycles. The molecule has 0 radical (unpaired) electrons. The molecule has 134 valence electrons. The summed E-state index contributed by atoms with van der Waals surface area (Å²) in [6.45, 7) is 4.49. The van der Waals surface area contributed by atoms with E-state index in [9.17, 15) is 0 Å². The second-order valence-electron chi connectivity index (χ2n) is 7.29. The number of nitrogens with one attached hydrogen (secondary N) is 1. The maximum atomic E-state index is 4.92. The fourth-order valence-corrected chi connectivity index (χ4v) is 3.73. The third-order valence-electron chi connectivity index (χ3n) is 5.20. The summed E-state index contributed by atoms with van der Waals surface area (Å²) in [5.41, 5.74) is 3.07. The Morgan fingerprint density at radius 3 is 2.54 bits per heavy atom. The van der Waals surface area contributed by atoms with Gasteiger partial charge in [0.15, 0.2) is 11.6 Å². The zero-order valence-corrected chi connectivity index (χ0v) is 15.6. The second-order valence-corrected chi connectivity index (χ2v) is 7.29. The highest BCUT2D eigenvalue weighted by Gasteiger charge is 2.36. The van der Waals surface area contributed by atoms with Crippen molar-refractivity contribution in [2.45, 2.75) is 51.6 Å². The first-order valence-corrected chi connectivity index (χ1v) is 9.62. The number of hydrogen-bond acceptors (Lipinski definition) is 3. The van der Waals surface area contributed by atoms with Gasteiger partial charge in [-0.15, -0.1) is 5.10 Å². The fraction of sp³-hybridized carbons (Fsp3) is 0.364. The van der Waals surface area contributed by atoms with Gasteiger partial charge in [-0.2, -0.15) is 0 Å². The van der Waals surface area contributed by atoms with Crippen LogP contribution in [0.3, 0.4) is 0 Å². The Hall–Kier alpha value is -2.62. The number of aromatic nitrogens is 3. The summed E-state index contributed by atoms with van der Waals surface area (Å²) in [5.74, 6) is 1.75. The Balaban J connectivity index is 1.75. The first kappa shape index (κ1) is 16.8. The van der Waals surface area contributed by atoms with Crippen molar-refractivity contribution in [2.75, 3.05) is 5.32 Å². The molecule has 2 aromatic carbocycles. The Morgan fingerprint density at radius 2 is 1.73 bits per heavy atom. The van der Waals surface area contributed by atoms with Crippen molar-refractivity contribution in [3.05, 3.63) is 54.6 Å². The van der Waals surface area contributed by atoms with Gasteiger partial charge in [0.1, 0.15) is 5.66 Å². The molecule has 1 atom stereocenters. The number of rotatable bonds is 6. The minimum absolute atomic E-state index is 0.253. The molecule has 1 unspecified atom stereocenters. The smallest absolute Gasteiger partial charge is 0.181 e. The molecule has 1 aliphatic rings. The maximum absolute atomic E-state index is 4.92. The van der Waals surface area contributed by atoms with Crippen molar-refractivity contribution < 1.29 is 0 Å². The summed E-state index contributed by atoms with van der Waals surface area (Å²) in [6.07, 6.45) is 6.00. The quantitative estimate of drug-likeness (QED) is 0.584. The van der Waals surface area contributed by atoms with E-state index in [0.717, 1.165) is 34.9 Å². The molecule has 0 fully saturated rings. The summed E-state index contributed by atoms with van der Waals surface area (Å²) in [7, 11) is 0. The highest BCUT2D eigenvalue weighted by molar-refractivity contribution is 5.77. The van der Waals surface area contributed by atoms with Crippen molar-refractivity contribution in [1.82, 2.24) is 14.8 Å². The molecule has 4 heteroatoms. The van der Waals surface area contributed by atoms with Crippen LogP contribution in [0, 0.1) is 0 Å². The molecule has 4 nitrogen and oxygen atoms in total. The lowest BCUT2D eigenvalue weighted by Gasteiger charge is -2.37. The number of hydrogen-bond donors (Lipinski definition) is 1. The molecular formula is C22H26N4. The van der Waals surface area contributed by atoms with E-state index in [4.69, 9.17) is 10.1 Å². The van der Waals surface area contributed by atoms with Crippen molar-refractivity contribution in [3.8, 4) is 22.8 Å². The lowest BCUT2D eigenvalue weighted by atomic mass is 9.98. The number of unbranched alkanes of at least 4 members (excludes halogenated alkanes) is 3. The predicted molar refractivity (Wildman–Crippen MR) is 107 cm³/mol. The molecule has 1 aliphatic heterocycles. The summed E-state index contributed by atoms with van der Waals surface area (Å²) >= 11 is 0. The third-order valence-corrected chi connectivity index (χ3v) is 5.20. The molecular weight excluding hydrogens is 320 g/mol. The zero-order valence-electron chi connectivity index (χ0n) is 15.6. The Bertz CT molecular complexity index is 884. The Kier molecular flexibility index (Phi) is 4.49. The molecule has 1 N–H and O–H groups in total. The molecule has 26 heavy (non-hydrogen) atoms. The van der Waals surface area contributed by atoms with E-state index in [0.29, 0.717) is 0 Å². The van der Waals surface area contributed by atoms with Gasteiger partial charge in [-0.3, -0.25) is 0 Å². The monoisotopic (exact) mass is 346 g/mol. The van der Waals surface area contributed by atoms with Crippen LogP contribution >= 0.6 is 0 Å². The summed E-state index contributed by atoms with van der Waals surface area (Å²) in [4.78, 5) is 4.91. The van der Waals surface area contributed by atoms with Crippen LogP contribution in [0.5, 0.6) is 0 Å². The van der Waals surface area contributed by atoms with Crippen LogP contribution in [0.15, 0.2) is 54.6 Å². The lowest BCUT2D eigenvalue weighted by molar-refractivity contribution is 0.296. The zero-order chi connectivity index (χ0) is 18.0. The van der Waals surface area contributed by atoms with Crippen LogP contribution in [0.25, 0.3) is 22.8 Å². The molecule has 0 amide bonds. The van der Waals surface area contributed by atoms with Crippen LogP contribution in [0.4, 0.5) is 5.69 Å². The molecule has 4 rings (SSSR count). The van der Waals surface area contributed by atoms with Crippen LogP contribution in [-0.2, 0) is 5.66 Å². The molecule has 0 aliphatic carbocycles. The maximum Gasteiger partial charge on any atom is 0.181 e.